The second-order valence-electron chi connectivity index (χ2n) is 8.14. The van der Waals surface area contributed by atoms with Crippen LogP contribution in [0.5, 0.6) is 0 Å². The summed E-state index contributed by atoms with van der Waals surface area (Å²) in [5, 5.41) is 11.3. The fraction of sp³-hybridized carbons (Fsp3) is 0.346. The molecule has 0 bridgehead atoms. The van der Waals surface area contributed by atoms with Gasteiger partial charge in [0.15, 0.2) is 0 Å². The Hall–Kier alpha value is -3.44. The molecule has 0 saturated carbocycles. The Balaban J connectivity index is 1.42. The van der Waals surface area contributed by atoms with Crippen LogP contribution in [-0.4, -0.2) is 64.7 Å². The van der Waals surface area contributed by atoms with Crippen molar-refractivity contribution in [2.75, 3.05) is 25.4 Å². The summed E-state index contributed by atoms with van der Waals surface area (Å²) in [6.45, 7) is 2.32. The SMILES string of the molecule is CC#CCC(NC(=O)OCC1c2ccccc2-c2ccccc21)C(=O)N1CCSC(C(=O)O)C1. The molecule has 2 N–H and O–H groups in total. The number of thioether (sulfide) groups is 1. The summed E-state index contributed by atoms with van der Waals surface area (Å²) in [4.78, 5) is 38.6. The fourth-order valence-corrected chi connectivity index (χ4v) is 5.44. The minimum absolute atomic E-state index is 0.0850. The Kier molecular flexibility index (Phi) is 7.43. The first-order valence-electron chi connectivity index (χ1n) is 11.1. The summed E-state index contributed by atoms with van der Waals surface area (Å²) in [6.07, 6.45) is -0.569. The second kappa shape index (κ2) is 10.7. The molecule has 1 aliphatic heterocycles. The van der Waals surface area contributed by atoms with Gasteiger partial charge < -0.3 is 20.1 Å². The van der Waals surface area contributed by atoms with Gasteiger partial charge in [-0.25, -0.2) is 4.79 Å². The molecule has 2 aromatic rings. The molecule has 1 fully saturated rings. The number of carbonyl (C=O) groups excluding carboxylic acids is 2. The van der Waals surface area contributed by atoms with E-state index in [0.717, 1.165) is 22.3 Å². The number of benzene rings is 2. The highest BCUT2D eigenvalue weighted by Crippen LogP contribution is 2.44. The lowest BCUT2D eigenvalue weighted by molar-refractivity contribution is -0.138. The number of rotatable bonds is 6. The molecule has 1 aliphatic carbocycles. The van der Waals surface area contributed by atoms with Gasteiger partial charge in [-0.05, 0) is 29.2 Å². The predicted octanol–water partition coefficient (Wildman–Crippen LogP) is 3.34. The monoisotopic (exact) mass is 478 g/mol. The normalized spacial score (nSPS) is 17.6. The van der Waals surface area contributed by atoms with E-state index in [1.807, 2.05) is 36.4 Å². The van der Waals surface area contributed by atoms with Crippen LogP contribution >= 0.6 is 11.8 Å². The molecule has 176 valence electrons. The summed E-state index contributed by atoms with van der Waals surface area (Å²) in [7, 11) is 0. The Morgan fingerprint density at radius 2 is 1.79 bits per heavy atom. The molecule has 0 aromatic heterocycles. The molecule has 1 heterocycles. The van der Waals surface area contributed by atoms with Crippen molar-refractivity contribution < 1.29 is 24.2 Å². The van der Waals surface area contributed by atoms with E-state index in [0.29, 0.717) is 12.3 Å². The van der Waals surface area contributed by atoms with Crippen LogP contribution in [0.2, 0.25) is 0 Å². The molecule has 1 saturated heterocycles. The van der Waals surface area contributed by atoms with Gasteiger partial charge in [0.2, 0.25) is 5.91 Å². The number of carbonyl (C=O) groups is 3. The zero-order valence-corrected chi connectivity index (χ0v) is 19.6. The van der Waals surface area contributed by atoms with Gasteiger partial charge in [-0.3, -0.25) is 9.59 Å². The van der Waals surface area contributed by atoms with E-state index in [9.17, 15) is 19.5 Å². The molecule has 4 rings (SSSR count). The molecule has 2 unspecified atom stereocenters. The number of fused-ring (bicyclic) bond motifs is 3. The van der Waals surface area contributed by atoms with Gasteiger partial charge in [0, 0.05) is 31.2 Å². The molecule has 2 atom stereocenters. The van der Waals surface area contributed by atoms with Crippen LogP contribution in [0.1, 0.15) is 30.4 Å². The Bertz CT molecular complexity index is 1110. The third kappa shape index (κ3) is 5.05. The van der Waals surface area contributed by atoms with E-state index in [1.54, 1.807) is 6.92 Å². The van der Waals surface area contributed by atoms with Crippen molar-refractivity contribution >= 4 is 29.7 Å². The summed E-state index contributed by atoms with van der Waals surface area (Å²) in [5.74, 6) is 4.74. The van der Waals surface area contributed by atoms with E-state index in [4.69, 9.17) is 4.74 Å². The van der Waals surface area contributed by atoms with Gasteiger partial charge in [0.1, 0.15) is 17.9 Å². The number of alkyl carbamates (subject to hydrolysis) is 1. The quantitative estimate of drug-likeness (QED) is 0.619. The third-order valence-corrected chi connectivity index (χ3v) is 7.24. The number of hydrogen-bond acceptors (Lipinski definition) is 5. The Morgan fingerprint density at radius 1 is 1.15 bits per heavy atom. The first kappa shape index (κ1) is 23.7. The maximum absolute atomic E-state index is 13.1. The minimum Gasteiger partial charge on any atom is -0.480 e. The first-order valence-corrected chi connectivity index (χ1v) is 12.2. The smallest absolute Gasteiger partial charge is 0.407 e. The molecular formula is C26H26N2O5S. The van der Waals surface area contributed by atoms with Crippen LogP contribution in [0.15, 0.2) is 48.5 Å². The Morgan fingerprint density at radius 3 is 2.41 bits per heavy atom. The summed E-state index contributed by atoms with van der Waals surface area (Å²) < 4.78 is 5.58. The molecule has 0 spiro atoms. The predicted molar refractivity (Wildman–Crippen MR) is 131 cm³/mol. The Labute approximate surface area is 202 Å². The molecule has 34 heavy (non-hydrogen) atoms. The second-order valence-corrected chi connectivity index (χ2v) is 9.45. The van der Waals surface area contributed by atoms with Crippen LogP contribution in [0.4, 0.5) is 4.79 Å². The van der Waals surface area contributed by atoms with Crippen molar-refractivity contribution in [1.82, 2.24) is 10.2 Å². The van der Waals surface area contributed by atoms with Crippen LogP contribution < -0.4 is 5.32 Å². The van der Waals surface area contributed by atoms with Crippen LogP contribution in [0.3, 0.4) is 0 Å². The zero-order valence-electron chi connectivity index (χ0n) is 18.8. The van der Waals surface area contributed by atoms with Crippen molar-refractivity contribution in [3.05, 3.63) is 59.7 Å². The molecule has 2 aliphatic rings. The van der Waals surface area contributed by atoms with Crippen LogP contribution in [0, 0.1) is 11.8 Å². The van der Waals surface area contributed by atoms with Crippen LogP contribution in [0.25, 0.3) is 11.1 Å². The van der Waals surface area contributed by atoms with Crippen molar-refractivity contribution in [3.63, 3.8) is 0 Å². The van der Waals surface area contributed by atoms with Gasteiger partial charge in [0.25, 0.3) is 0 Å². The van der Waals surface area contributed by atoms with Crippen molar-refractivity contribution in [3.8, 4) is 23.0 Å². The fourth-order valence-electron chi connectivity index (χ4n) is 4.41. The largest absolute Gasteiger partial charge is 0.480 e. The molecule has 8 heteroatoms. The maximum Gasteiger partial charge on any atom is 0.407 e. The number of amides is 2. The van der Waals surface area contributed by atoms with E-state index < -0.39 is 23.4 Å². The topological polar surface area (TPSA) is 95.9 Å². The number of nitrogens with one attached hydrogen (secondary N) is 1. The highest BCUT2D eigenvalue weighted by Gasteiger charge is 2.34. The van der Waals surface area contributed by atoms with Crippen LogP contribution in [-0.2, 0) is 14.3 Å². The lowest BCUT2D eigenvalue weighted by atomic mass is 9.98. The summed E-state index contributed by atoms with van der Waals surface area (Å²) in [5.41, 5.74) is 4.47. The molecule has 2 aromatic carbocycles. The minimum atomic E-state index is -0.947. The molecule has 0 radical (unpaired) electrons. The summed E-state index contributed by atoms with van der Waals surface area (Å²) >= 11 is 1.31. The van der Waals surface area contributed by atoms with E-state index >= 15 is 0 Å². The number of hydrogen-bond donors (Lipinski definition) is 2. The number of carboxylic acid groups (broad SMARTS) is 1. The van der Waals surface area contributed by atoms with Gasteiger partial charge in [0.05, 0.1) is 0 Å². The molecular weight excluding hydrogens is 452 g/mol. The van der Waals surface area contributed by atoms with Crippen molar-refractivity contribution in [2.24, 2.45) is 0 Å². The van der Waals surface area contributed by atoms with Gasteiger partial charge in [-0.1, -0.05) is 48.5 Å². The highest BCUT2D eigenvalue weighted by atomic mass is 32.2. The third-order valence-electron chi connectivity index (χ3n) is 6.07. The van der Waals surface area contributed by atoms with E-state index in [2.05, 4.69) is 29.3 Å². The number of aliphatic carboxylic acids is 1. The van der Waals surface area contributed by atoms with Gasteiger partial charge >= 0.3 is 12.1 Å². The lowest BCUT2D eigenvalue weighted by Crippen LogP contribution is -2.53. The average molecular weight is 479 g/mol. The van der Waals surface area contributed by atoms with Crippen molar-refractivity contribution in [1.29, 1.82) is 0 Å². The molecule has 7 nitrogen and oxygen atoms in total. The average Bonchev–Trinajstić information content (AvgIpc) is 3.18. The van der Waals surface area contributed by atoms with E-state index in [1.165, 1.54) is 16.7 Å². The number of carboxylic acids is 1. The lowest BCUT2D eigenvalue weighted by Gasteiger charge is -2.32. The van der Waals surface area contributed by atoms with E-state index in [-0.39, 0.29) is 31.4 Å². The zero-order chi connectivity index (χ0) is 24.1. The van der Waals surface area contributed by atoms with Gasteiger partial charge in [-0.15, -0.1) is 23.6 Å². The number of ether oxygens (including phenoxy) is 1. The van der Waals surface area contributed by atoms with Crippen molar-refractivity contribution in [2.45, 2.75) is 30.6 Å². The van der Waals surface area contributed by atoms with Gasteiger partial charge in [-0.2, -0.15) is 0 Å². The summed E-state index contributed by atoms with van der Waals surface area (Å²) in [6, 6.07) is 15.2. The highest BCUT2D eigenvalue weighted by molar-refractivity contribution is 8.00. The standard InChI is InChI=1S/C26H26N2O5S/c1-2-3-12-22(24(29)28-13-14-34-23(15-28)25(30)31)27-26(32)33-16-21-19-10-6-4-8-17(19)18-9-5-7-11-20(18)21/h4-11,21-23H,12-16H2,1H3,(H,27,32)(H,30,31). The number of nitrogens with zero attached hydrogens (tertiary/aromatic N) is 1. The maximum atomic E-state index is 13.1. The first-order chi connectivity index (χ1) is 16.5. The molecule has 2 amide bonds.